The summed E-state index contributed by atoms with van der Waals surface area (Å²) in [6.45, 7) is 0. The zero-order valence-electron chi connectivity index (χ0n) is 7.81. The van der Waals surface area contributed by atoms with E-state index in [0.717, 1.165) is 6.07 Å². The van der Waals surface area contributed by atoms with Gasteiger partial charge in [0.25, 0.3) is 0 Å². The molecule has 7 nitrogen and oxygen atoms in total. The summed E-state index contributed by atoms with van der Waals surface area (Å²) >= 11 is 2.68. The average molecular weight is 302 g/mol. The van der Waals surface area contributed by atoms with Crippen LogP contribution >= 0.6 is 15.9 Å². The number of nitro benzene ring substituents is 1. The van der Waals surface area contributed by atoms with Crippen LogP contribution in [0.15, 0.2) is 20.5 Å². The summed E-state index contributed by atoms with van der Waals surface area (Å²) in [6, 6.07) is 0.792. The van der Waals surface area contributed by atoms with E-state index in [0.29, 0.717) is 0 Å². The maximum atomic E-state index is 13.3. The van der Waals surface area contributed by atoms with Gasteiger partial charge in [-0.15, -0.1) is 0 Å². The molecule has 1 aromatic rings. The van der Waals surface area contributed by atoms with Gasteiger partial charge >= 0.3 is 17.5 Å². The summed E-state index contributed by atoms with van der Waals surface area (Å²) in [4.78, 5) is 38.2. The number of carbonyl (C=O) groups is 2. The fraction of sp³-hybridized carbons (Fsp3) is 0. The van der Waals surface area contributed by atoms with E-state index in [2.05, 4.69) is 25.9 Å². The monoisotopic (exact) mass is 301 g/mol. The van der Waals surface area contributed by atoms with E-state index in [1.807, 2.05) is 0 Å². The molecule has 1 heterocycles. The molecule has 0 aromatic heterocycles. The highest BCUT2D eigenvalue weighted by Crippen LogP contribution is 2.22. The zero-order chi connectivity index (χ0) is 12.7. The molecule has 0 fully saturated rings. The van der Waals surface area contributed by atoms with E-state index in [9.17, 15) is 24.1 Å². The van der Waals surface area contributed by atoms with Crippen molar-refractivity contribution in [3.8, 4) is 0 Å². The minimum atomic E-state index is -1.22. The molecule has 0 bridgehead atoms. The second-order valence-electron chi connectivity index (χ2n) is 2.98. The topological polar surface area (TPSA) is 102 Å². The lowest BCUT2D eigenvalue weighted by atomic mass is 10.2. The maximum Gasteiger partial charge on any atom is 0.338 e. The molecule has 0 N–H and O–H groups in total. The van der Waals surface area contributed by atoms with Gasteiger partial charge in [0, 0.05) is 6.07 Å². The summed E-state index contributed by atoms with van der Waals surface area (Å²) in [7, 11) is 0. The normalized spacial score (nSPS) is 13.8. The number of halogens is 2. The summed E-state index contributed by atoms with van der Waals surface area (Å²) in [5.41, 5.74) is -0.732. The molecule has 0 aliphatic carbocycles. The SMILES string of the molecule is O=C1N=c2cc(F)c(Br)c([N+](=O)[O-])c2=NC1=O. The summed E-state index contributed by atoms with van der Waals surface area (Å²) in [5, 5.41) is 9.99. The van der Waals surface area contributed by atoms with E-state index in [1.54, 1.807) is 0 Å². The van der Waals surface area contributed by atoms with Crippen molar-refractivity contribution in [2.24, 2.45) is 9.98 Å². The first-order chi connectivity index (χ1) is 7.91. The minimum absolute atomic E-state index is 0.331. The lowest BCUT2D eigenvalue weighted by Crippen LogP contribution is -2.37. The number of nitro groups is 1. The van der Waals surface area contributed by atoms with E-state index in [4.69, 9.17) is 0 Å². The third kappa shape index (κ3) is 1.73. The van der Waals surface area contributed by atoms with Crippen molar-refractivity contribution in [1.29, 1.82) is 0 Å². The molecular weight excluding hydrogens is 301 g/mol. The Bertz CT molecular complexity index is 700. The predicted octanol–water partition coefficient (Wildman–Crippen LogP) is -0.198. The van der Waals surface area contributed by atoms with Crippen LogP contribution < -0.4 is 10.7 Å². The zero-order valence-corrected chi connectivity index (χ0v) is 9.39. The van der Waals surface area contributed by atoms with Crippen LogP contribution in [0.3, 0.4) is 0 Å². The number of hydrogen-bond donors (Lipinski definition) is 0. The largest absolute Gasteiger partial charge is 0.338 e. The standard InChI is InChI=1S/C8HBrFN3O4/c9-4-2(10)1-3-5(6(4)13(16)17)12-8(15)7(14)11-3/h1H. The van der Waals surface area contributed by atoms with Crippen LogP contribution in [-0.2, 0) is 9.59 Å². The van der Waals surface area contributed by atoms with E-state index < -0.39 is 38.1 Å². The van der Waals surface area contributed by atoms with Crippen molar-refractivity contribution in [3.05, 3.63) is 37.2 Å². The molecule has 0 radical (unpaired) electrons. The number of fused-ring (bicyclic) bond motifs is 1. The van der Waals surface area contributed by atoms with Gasteiger partial charge in [0.1, 0.15) is 15.6 Å². The molecule has 0 atom stereocenters. The van der Waals surface area contributed by atoms with Crippen molar-refractivity contribution in [1.82, 2.24) is 0 Å². The molecule has 0 saturated carbocycles. The molecule has 0 spiro atoms. The molecule has 9 heteroatoms. The van der Waals surface area contributed by atoms with Gasteiger partial charge < -0.3 is 0 Å². The Labute approximate surface area is 100.0 Å². The van der Waals surface area contributed by atoms with Gasteiger partial charge in [-0.05, 0) is 15.9 Å². The molecule has 86 valence electrons. The van der Waals surface area contributed by atoms with E-state index in [-0.39, 0.29) is 5.36 Å². The molecule has 0 unspecified atom stereocenters. The molecule has 1 aliphatic heterocycles. The Balaban J connectivity index is 3.02. The highest BCUT2D eigenvalue weighted by Gasteiger charge is 2.26. The lowest BCUT2D eigenvalue weighted by Gasteiger charge is -2.01. The Morgan fingerprint density at radius 2 is 1.88 bits per heavy atom. The quantitative estimate of drug-likeness (QED) is 0.407. The number of benzene rings is 1. The molecule has 2 rings (SSSR count). The average Bonchev–Trinajstić information content (AvgIpc) is 2.23. The molecule has 1 aliphatic rings. The number of hydrogen-bond acceptors (Lipinski definition) is 4. The fourth-order valence-corrected chi connectivity index (χ4v) is 1.71. The number of rotatable bonds is 1. The predicted molar refractivity (Wildman–Crippen MR) is 53.1 cm³/mol. The smallest absolute Gasteiger partial charge is 0.261 e. The Hall–Kier alpha value is -2.03. The highest BCUT2D eigenvalue weighted by molar-refractivity contribution is 9.10. The van der Waals surface area contributed by atoms with Crippen molar-refractivity contribution in [2.45, 2.75) is 0 Å². The van der Waals surface area contributed by atoms with Crippen LogP contribution in [0.5, 0.6) is 0 Å². The maximum absolute atomic E-state index is 13.3. The third-order valence-electron chi connectivity index (χ3n) is 1.95. The van der Waals surface area contributed by atoms with Gasteiger partial charge in [-0.25, -0.2) is 9.38 Å². The molecule has 1 aromatic carbocycles. The molecule has 0 saturated heterocycles. The van der Waals surface area contributed by atoms with Gasteiger partial charge in [-0.2, -0.15) is 4.99 Å². The number of amides is 2. The van der Waals surface area contributed by atoms with Crippen LogP contribution in [0.1, 0.15) is 0 Å². The number of nitrogens with zero attached hydrogens (tertiary/aromatic N) is 3. The minimum Gasteiger partial charge on any atom is -0.261 e. The second-order valence-corrected chi connectivity index (χ2v) is 3.77. The summed E-state index contributed by atoms with van der Waals surface area (Å²) in [6.07, 6.45) is 0. The van der Waals surface area contributed by atoms with Gasteiger partial charge in [0.15, 0.2) is 5.36 Å². The molecule has 17 heavy (non-hydrogen) atoms. The van der Waals surface area contributed by atoms with E-state index >= 15 is 0 Å². The molecular formula is C8HBrFN3O4. The lowest BCUT2D eigenvalue weighted by molar-refractivity contribution is -0.387. The fourth-order valence-electron chi connectivity index (χ4n) is 1.26. The van der Waals surface area contributed by atoms with Gasteiger partial charge in [0.2, 0.25) is 0 Å². The van der Waals surface area contributed by atoms with Crippen molar-refractivity contribution in [2.75, 3.05) is 0 Å². The van der Waals surface area contributed by atoms with Crippen molar-refractivity contribution < 1.29 is 18.9 Å². The first kappa shape index (κ1) is 11.5. The van der Waals surface area contributed by atoms with E-state index in [1.165, 1.54) is 0 Å². The second kappa shape index (κ2) is 3.77. The summed E-state index contributed by atoms with van der Waals surface area (Å²) in [5.74, 6) is -3.37. The van der Waals surface area contributed by atoms with Crippen molar-refractivity contribution in [3.63, 3.8) is 0 Å². The third-order valence-corrected chi connectivity index (χ3v) is 2.70. The Morgan fingerprint density at radius 3 is 2.47 bits per heavy atom. The first-order valence-electron chi connectivity index (χ1n) is 4.10. The van der Waals surface area contributed by atoms with Crippen LogP contribution in [0.2, 0.25) is 0 Å². The van der Waals surface area contributed by atoms with Gasteiger partial charge in [-0.1, -0.05) is 0 Å². The highest BCUT2D eigenvalue weighted by atomic mass is 79.9. The van der Waals surface area contributed by atoms with Crippen LogP contribution in [0.25, 0.3) is 0 Å². The summed E-state index contributed by atoms with van der Waals surface area (Å²) < 4.78 is 12.9. The van der Waals surface area contributed by atoms with Gasteiger partial charge in [-0.3, -0.25) is 19.7 Å². The molecule has 2 amide bonds. The van der Waals surface area contributed by atoms with Gasteiger partial charge in [0.05, 0.1) is 4.92 Å². The van der Waals surface area contributed by atoms with Crippen LogP contribution in [-0.4, -0.2) is 16.7 Å². The number of carbonyl (C=O) groups excluding carboxylic acids is 2. The van der Waals surface area contributed by atoms with Crippen LogP contribution in [0, 0.1) is 15.9 Å². The van der Waals surface area contributed by atoms with Crippen molar-refractivity contribution >= 4 is 33.4 Å². The van der Waals surface area contributed by atoms with Crippen LogP contribution in [0.4, 0.5) is 10.1 Å². The Morgan fingerprint density at radius 1 is 1.29 bits per heavy atom. The Kier molecular flexibility index (Phi) is 2.54. The first-order valence-corrected chi connectivity index (χ1v) is 4.89.